The minimum absolute atomic E-state index is 0.0737. The fraction of sp³-hybridized carbons (Fsp3) is 0.381. The topological polar surface area (TPSA) is 82.1 Å². The van der Waals surface area contributed by atoms with Crippen molar-refractivity contribution in [2.24, 2.45) is 0 Å². The van der Waals surface area contributed by atoms with Crippen molar-refractivity contribution in [1.82, 2.24) is 4.90 Å². The number of nitrogens with zero attached hydrogens (tertiary/aromatic N) is 1. The summed E-state index contributed by atoms with van der Waals surface area (Å²) in [4.78, 5) is 14.7. The van der Waals surface area contributed by atoms with E-state index in [0.29, 0.717) is 17.1 Å². The molecular weight excluding hydrogens is 394 g/mol. The minimum Gasteiger partial charge on any atom is -0.497 e. The Morgan fingerprint density at radius 1 is 1.00 bits per heavy atom. The fourth-order valence-corrected chi connectivity index (χ4v) is 3.19. The Bertz CT molecular complexity index is 938. The van der Waals surface area contributed by atoms with Gasteiger partial charge < -0.3 is 18.6 Å². The lowest BCUT2D eigenvalue weighted by Gasteiger charge is -2.27. The second-order valence-electron chi connectivity index (χ2n) is 6.67. The van der Waals surface area contributed by atoms with Crippen LogP contribution in [0, 0.1) is 0 Å². The molecule has 158 valence electrons. The lowest BCUT2D eigenvalue weighted by atomic mass is 10.1. The summed E-state index contributed by atoms with van der Waals surface area (Å²) >= 11 is 0. The van der Waals surface area contributed by atoms with Gasteiger partial charge in [-0.15, -0.1) is 0 Å². The van der Waals surface area contributed by atoms with Gasteiger partial charge in [0.15, 0.2) is 11.5 Å². The quantitative estimate of drug-likeness (QED) is 0.577. The molecule has 2 rings (SSSR count). The van der Waals surface area contributed by atoms with Crippen molar-refractivity contribution >= 4 is 16.0 Å². The molecule has 0 fully saturated rings. The molecule has 0 saturated heterocycles. The van der Waals surface area contributed by atoms with Crippen LogP contribution < -0.4 is 13.7 Å². The Balaban J connectivity index is 2.30. The maximum absolute atomic E-state index is 13.0. The minimum atomic E-state index is -3.71. The van der Waals surface area contributed by atoms with E-state index in [2.05, 4.69) is 0 Å². The van der Waals surface area contributed by atoms with Crippen LogP contribution in [0.15, 0.2) is 42.5 Å². The first kappa shape index (κ1) is 22.5. The molecule has 1 amide bonds. The van der Waals surface area contributed by atoms with Gasteiger partial charge in [0.1, 0.15) is 5.75 Å². The molecule has 2 aromatic carbocycles. The Morgan fingerprint density at radius 3 is 2.17 bits per heavy atom. The summed E-state index contributed by atoms with van der Waals surface area (Å²) in [6, 6.07) is 11.8. The molecule has 7 nitrogen and oxygen atoms in total. The number of carbonyl (C=O) groups excluding carboxylic acids is 1. The highest BCUT2D eigenvalue weighted by Crippen LogP contribution is 2.30. The number of hydrogen-bond acceptors (Lipinski definition) is 6. The smallest absolute Gasteiger partial charge is 0.309 e. The molecule has 0 spiro atoms. The Kier molecular flexibility index (Phi) is 7.50. The second-order valence-corrected chi connectivity index (χ2v) is 8.53. The van der Waals surface area contributed by atoms with Gasteiger partial charge in [-0.25, -0.2) is 0 Å². The van der Waals surface area contributed by atoms with Gasteiger partial charge in [0.25, 0.3) is 5.91 Å². The molecule has 0 atom stereocenters. The van der Waals surface area contributed by atoms with Crippen molar-refractivity contribution in [3.63, 3.8) is 0 Å². The zero-order chi connectivity index (χ0) is 21.6. The van der Waals surface area contributed by atoms with E-state index in [0.717, 1.165) is 5.56 Å². The predicted molar refractivity (Wildman–Crippen MR) is 111 cm³/mol. The van der Waals surface area contributed by atoms with E-state index in [1.165, 1.54) is 14.0 Å². The van der Waals surface area contributed by atoms with Gasteiger partial charge in [-0.05, 0) is 62.7 Å². The van der Waals surface area contributed by atoms with E-state index in [4.69, 9.17) is 13.7 Å². The Morgan fingerprint density at radius 2 is 1.66 bits per heavy atom. The molecule has 0 aliphatic rings. The third-order valence-electron chi connectivity index (χ3n) is 4.37. The first-order chi connectivity index (χ1) is 13.7. The highest BCUT2D eigenvalue weighted by Gasteiger charge is 2.21. The van der Waals surface area contributed by atoms with Crippen LogP contribution in [0.5, 0.6) is 17.2 Å². The molecular formula is C21H27NO6S. The summed E-state index contributed by atoms with van der Waals surface area (Å²) in [7, 11) is -0.698. The highest BCUT2D eigenvalue weighted by molar-refractivity contribution is 7.87. The number of methoxy groups -OCH3 is 2. The van der Waals surface area contributed by atoms with Crippen molar-refractivity contribution in [3.8, 4) is 17.2 Å². The fourth-order valence-electron chi connectivity index (χ4n) is 2.67. The summed E-state index contributed by atoms with van der Waals surface area (Å²) in [5, 5.41) is 0. The van der Waals surface area contributed by atoms with Crippen molar-refractivity contribution in [2.45, 2.75) is 33.4 Å². The van der Waals surface area contributed by atoms with E-state index in [1.54, 1.807) is 54.5 Å². The number of benzene rings is 2. The Hall–Kier alpha value is -2.74. The summed E-state index contributed by atoms with van der Waals surface area (Å²) in [6.07, 6.45) is 0. The van der Waals surface area contributed by atoms with Crippen molar-refractivity contribution in [2.75, 3.05) is 20.0 Å². The van der Waals surface area contributed by atoms with Gasteiger partial charge in [0, 0.05) is 18.2 Å². The van der Waals surface area contributed by atoms with Crippen LogP contribution in [-0.4, -0.2) is 45.2 Å². The normalized spacial score (nSPS) is 11.2. The molecule has 0 N–H and O–H groups in total. The maximum Gasteiger partial charge on any atom is 0.309 e. The molecule has 0 saturated carbocycles. The van der Waals surface area contributed by atoms with Gasteiger partial charge in [-0.3, -0.25) is 4.79 Å². The van der Waals surface area contributed by atoms with Crippen molar-refractivity contribution < 1.29 is 26.9 Å². The number of hydrogen-bond donors (Lipinski definition) is 0. The molecule has 0 heterocycles. The summed E-state index contributed by atoms with van der Waals surface area (Å²) in [5.74, 6) is 0.790. The Labute approximate surface area is 172 Å². The monoisotopic (exact) mass is 421 g/mol. The van der Waals surface area contributed by atoms with E-state index >= 15 is 0 Å². The standard InChI is InChI=1S/C21H27NO6S/c1-6-29(24,25)28-20-13-16(7-12-19(20)27-5)14-22(15(2)3)21(23)17-8-10-18(26-4)11-9-17/h7-13,15H,6,14H2,1-5H3. The number of rotatable bonds is 9. The van der Waals surface area contributed by atoms with Crippen LogP contribution in [-0.2, 0) is 16.7 Å². The lowest BCUT2D eigenvalue weighted by molar-refractivity contribution is 0.0690. The predicted octanol–water partition coefficient (Wildman–Crippen LogP) is 3.48. The van der Waals surface area contributed by atoms with E-state index < -0.39 is 10.1 Å². The highest BCUT2D eigenvalue weighted by atomic mass is 32.2. The van der Waals surface area contributed by atoms with E-state index in [1.807, 2.05) is 13.8 Å². The van der Waals surface area contributed by atoms with Crippen LogP contribution in [0.25, 0.3) is 0 Å². The third-order valence-corrected chi connectivity index (χ3v) is 5.51. The lowest BCUT2D eigenvalue weighted by Crippen LogP contribution is -2.36. The molecule has 8 heteroatoms. The molecule has 0 radical (unpaired) electrons. The summed E-state index contributed by atoms with van der Waals surface area (Å²) in [6.45, 7) is 5.63. The zero-order valence-corrected chi connectivity index (χ0v) is 18.2. The third kappa shape index (κ3) is 5.87. The van der Waals surface area contributed by atoms with Gasteiger partial charge in [0.2, 0.25) is 0 Å². The van der Waals surface area contributed by atoms with Crippen molar-refractivity contribution in [1.29, 1.82) is 0 Å². The zero-order valence-electron chi connectivity index (χ0n) is 17.3. The maximum atomic E-state index is 13.0. The number of carbonyl (C=O) groups is 1. The molecule has 0 aromatic heterocycles. The SMILES string of the molecule is CCS(=O)(=O)Oc1cc(CN(C(=O)c2ccc(OC)cc2)C(C)C)ccc1OC. The summed E-state index contributed by atoms with van der Waals surface area (Å²) in [5.41, 5.74) is 1.26. The van der Waals surface area contributed by atoms with Crippen molar-refractivity contribution in [3.05, 3.63) is 53.6 Å². The van der Waals surface area contributed by atoms with Crippen LogP contribution in [0.2, 0.25) is 0 Å². The molecule has 0 aliphatic carbocycles. The molecule has 0 aliphatic heterocycles. The number of amides is 1. The van der Waals surface area contributed by atoms with Crippen LogP contribution in [0.3, 0.4) is 0 Å². The van der Waals surface area contributed by atoms with E-state index in [9.17, 15) is 13.2 Å². The molecule has 2 aromatic rings. The molecule has 0 bridgehead atoms. The summed E-state index contributed by atoms with van der Waals surface area (Å²) < 4.78 is 39.2. The van der Waals surface area contributed by atoms with Gasteiger partial charge >= 0.3 is 10.1 Å². The van der Waals surface area contributed by atoms with Crippen LogP contribution >= 0.6 is 0 Å². The van der Waals surface area contributed by atoms with Gasteiger partial charge in [-0.1, -0.05) is 6.07 Å². The average Bonchev–Trinajstić information content (AvgIpc) is 2.71. The molecule has 29 heavy (non-hydrogen) atoms. The first-order valence-electron chi connectivity index (χ1n) is 9.24. The van der Waals surface area contributed by atoms with E-state index in [-0.39, 0.29) is 30.0 Å². The second kappa shape index (κ2) is 9.65. The van der Waals surface area contributed by atoms with Crippen LogP contribution in [0.4, 0.5) is 0 Å². The molecule has 0 unspecified atom stereocenters. The average molecular weight is 422 g/mol. The largest absolute Gasteiger partial charge is 0.497 e. The first-order valence-corrected chi connectivity index (χ1v) is 10.8. The van der Waals surface area contributed by atoms with Crippen LogP contribution in [0.1, 0.15) is 36.7 Å². The number of ether oxygens (including phenoxy) is 2. The van der Waals surface area contributed by atoms with Gasteiger partial charge in [0.05, 0.1) is 20.0 Å². The van der Waals surface area contributed by atoms with Gasteiger partial charge in [-0.2, -0.15) is 8.42 Å².